The summed E-state index contributed by atoms with van der Waals surface area (Å²) in [5, 5.41) is 30.5. The molecule has 0 unspecified atom stereocenters. The summed E-state index contributed by atoms with van der Waals surface area (Å²) in [6, 6.07) is 1.71. The maximum absolute atomic E-state index is 10.5. The van der Waals surface area contributed by atoms with Crippen molar-refractivity contribution in [1.82, 2.24) is 5.43 Å². The molecule has 0 spiro atoms. The van der Waals surface area contributed by atoms with Crippen molar-refractivity contribution in [1.29, 1.82) is 0 Å². The SMILES string of the molecule is NNCc1cc([N+](=O)[O-])cc([N+](=O)[O-])c1O. The predicted molar refractivity (Wildman–Crippen MR) is 52.4 cm³/mol. The van der Waals surface area contributed by atoms with Crippen molar-refractivity contribution in [2.45, 2.75) is 6.54 Å². The quantitative estimate of drug-likeness (QED) is 0.378. The molecule has 1 rings (SSSR count). The summed E-state index contributed by atoms with van der Waals surface area (Å²) in [4.78, 5) is 19.3. The molecular formula is C7H8N4O5. The molecule has 4 N–H and O–H groups in total. The van der Waals surface area contributed by atoms with E-state index in [0.29, 0.717) is 6.07 Å². The first-order valence-corrected chi connectivity index (χ1v) is 4.05. The lowest BCUT2D eigenvalue weighted by molar-refractivity contribution is -0.394. The van der Waals surface area contributed by atoms with Gasteiger partial charge in [-0.3, -0.25) is 31.5 Å². The van der Waals surface area contributed by atoms with Crippen LogP contribution in [0.5, 0.6) is 5.75 Å². The lowest BCUT2D eigenvalue weighted by Gasteiger charge is -2.04. The topological polar surface area (TPSA) is 145 Å². The number of benzene rings is 1. The Labute approximate surface area is 88.8 Å². The largest absolute Gasteiger partial charge is 0.502 e. The Morgan fingerprint density at radius 2 is 1.94 bits per heavy atom. The molecule has 0 atom stereocenters. The van der Waals surface area contributed by atoms with E-state index >= 15 is 0 Å². The summed E-state index contributed by atoms with van der Waals surface area (Å²) in [5.41, 5.74) is 0.941. The number of phenols is 1. The van der Waals surface area contributed by atoms with E-state index in [1.807, 2.05) is 0 Å². The highest BCUT2D eigenvalue weighted by atomic mass is 16.6. The first-order chi connectivity index (χ1) is 7.47. The van der Waals surface area contributed by atoms with E-state index in [0.717, 1.165) is 6.07 Å². The molecule has 0 heterocycles. The van der Waals surface area contributed by atoms with Crippen LogP contribution in [0.3, 0.4) is 0 Å². The highest BCUT2D eigenvalue weighted by Gasteiger charge is 2.23. The number of nitro benzene ring substituents is 2. The maximum Gasteiger partial charge on any atom is 0.317 e. The second-order valence-corrected chi connectivity index (χ2v) is 2.87. The minimum Gasteiger partial charge on any atom is -0.502 e. The standard InChI is InChI=1S/C7H8N4O5/c8-9-3-4-1-5(10(13)14)2-6(7(4)12)11(15)16/h1-2,9,12H,3,8H2. The molecule has 0 aliphatic carbocycles. The third kappa shape index (κ3) is 2.21. The number of hydrazine groups is 1. The van der Waals surface area contributed by atoms with Crippen LogP contribution in [0, 0.1) is 20.2 Å². The Hall–Kier alpha value is -2.26. The molecule has 86 valence electrons. The van der Waals surface area contributed by atoms with E-state index in [1.165, 1.54) is 0 Å². The van der Waals surface area contributed by atoms with E-state index in [1.54, 1.807) is 0 Å². The van der Waals surface area contributed by atoms with Gasteiger partial charge < -0.3 is 5.11 Å². The number of hydrogen-bond donors (Lipinski definition) is 3. The number of nitrogens with one attached hydrogen (secondary N) is 1. The molecule has 0 aliphatic heterocycles. The first-order valence-electron chi connectivity index (χ1n) is 4.05. The van der Waals surface area contributed by atoms with Crippen molar-refractivity contribution in [2.75, 3.05) is 0 Å². The monoisotopic (exact) mass is 228 g/mol. The minimum atomic E-state index is -0.900. The number of hydrogen-bond acceptors (Lipinski definition) is 7. The second-order valence-electron chi connectivity index (χ2n) is 2.87. The van der Waals surface area contributed by atoms with Gasteiger partial charge in [0.1, 0.15) is 0 Å². The zero-order chi connectivity index (χ0) is 12.3. The van der Waals surface area contributed by atoms with Gasteiger partial charge in [-0.15, -0.1) is 0 Å². The molecule has 0 radical (unpaired) electrons. The van der Waals surface area contributed by atoms with Crippen LogP contribution in [0.25, 0.3) is 0 Å². The van der Waals surface area contributed by atoms with Gasteiger partial charge in [-0.2, -0.15) is 0 Å². The van der Waals surface area contributed by atoms with Crippen LogP contribution in [0.2, 0.25) is 0 Å². The second kappa shape index (κ2) is 4.51. The molecule has 0 aliphatic rings. The highest BCUT2D eigenvalue weighted by Crippen LogP contribution is 2.33. The van der Waals surface area contributed by atoms with E-state index in [2.05, 4.69) is 5.43 Å². The van der Waals surface area contributed by atoms with Crippen molar-refractivity contribution in [3.63, 3.8) is 0 Å². The van der Waals surface area contributed by atoms with E-state index in [-0.39, 0.29) is 12.1 Å². The van der Waals surface area contributed by atoms with Crippen LogP contribution < -0.4 is 11.3 Å². The van der Waals surface area contributed by atoms with E-state index < -0.39 is 27.0 Å². The minimum absolute atomic E-state index is 0.0107. The molecule has 16 heavy (non-hydrogen) atoms. The lowest BCUT2D eigenvalue weighted by Crippen LogP contribution is -2.21. The Balaban J connectivity index is 3.38. The molecule has 0 saturated carbocycles. The Morgan fingerprint density at radius 1 is 1.31 bits per heavy atom. The van der Waals surface area contributed by atoms with Crippen LogP contribution in [0.4, 0.5) is 11.4 Å². The van der Waals surface area contributed by atoms with E-state index in [4.69, 9.17) is 5.84 Å². The number of aromatic hydroxyl groups is 1. The zero-order valence-electron chi connectivity index (χ0n) is 7.91. The highest BCUT2D eigenvalue weighted by molar-refractivity contribution is 5.57. The molecule has 0 saturated heterocycles. The number of rotatable bonds is 4. The van der Waals surface area contributed by atoms with Gasteiger partial charge in [0.05, 0.1) is 15.9 Å². The molecule has 9 heteroatoms. The predicted octanol–water partition coefficient (Wildman–Crippen LogP) is 0.172. The lowest BCUT2D eigenvalue weighted by atomic mass is 10.1. The molecule has 0 aromatic heterocycles. The van der Waals surface area contributed by atoms with Crippen LogP contribution in [0.15, 0.2) is 12.1 Å². The van der Waals surface area contributed by atoms with Crippen LogP contribution in [-0.2, 0) is 6.54 Å². The van der Waals surface area contributed by atoms with Crippen molar-refractivity contribution in [2.24, 2.45) is 5.84 Å². The van der Waals surface area contributed by atoms with Gasteiger partial charge >= 0.3 is 5.69 Å². The van der Waals surface area contributed by atoms with Gasteiger partial charge in [-0.1, -0.05) is 0 Å². The Morgan fingerprint density at radius 3 is 2.38 bits per heavy atom. The molecule has 0 fully saturated rings. The first kappa shape index (κ1) is 11.8. The molecule has 9 nitrogen and oxygen atoms in total. The fraction of sp³-hybridized carbons (Fsp3) is 0.143. The fourth-order valence-electron chi connectivity index (χ4n) is 1.15. The Bertz CT molecular complexity index is 447. The number of nitrogens with zero attached hydrogens (tertiary/aromatic N) is 2. The summed E-state index contributed by atoms with van der Waals surface area (Å²) in [5.74, 6) is 4.35. The molecule has 0 bridgehead atoms. The van der Waals surface area contributed by atoms with Crippen LogP contribution in [-0.4, -0.2) is 15.0 Å². The summed E-state index contributed by atoms with van der Waals surface area (Å²) in [6.45, 7) is -0.117. The van der Waals surface area contributed by atoms with Crippen molar-refractivity contribution >= 4 is 11.4 Å². The fourth-order valence-corrected chi connectivity index (χ4v) is 1.15. The molecule has 1 aromatic rings. The summed E-state index contributed by atoms with van der Waals surface area (Å²) in [6.07, 6.45) is 0. The van der Waals surface area contributed by atoms with E-state index in [9.17, 15) is 25.3 Å². The number of non-ortho nitro benzene ring substituents is 1. The summed E-state index contributed by atoms with van der Waals surface area (Å²) >= 11 is 0. The maximum atomic E-state index is 10.5. The third-order valence-corrected chi connectivity index (χ3v) is 1.85. The normalized spacial score (nSPS) is 10.1. The number of nitrogens with two attached hydrogens (primary N) is 1. The van der Waals surface area contributed by atoms with Gasteiger partial charge in [0, 0.05) is 18.2 Å². The van der Waals surface area contributed by atoms with Gasteiger partial charge in [0.15, 0.2) is 5.75 Å². The van der Waals surface area contributed by atoms with Crippen LogP contribution >= 0.6 is 0 Å². The van der Waals surface area contributed by atoms with Crippen LogP contribution in [0.1, 0.15) is 5.56 Å². The zero-order valence-corrected chi connectivity index (χ0v) is 7.91. The smallest absolute Gasteiger partial charge is 0.317 e. The summed E-state index contributed by atoms with van der Waals surface area (Å²) < 4.78 is 0. The third-order valence-electron chi connectivity index (χ3n) is 1.85. The summed E-state index contributed by atoms with van der Waals surface area (Å²) in [7, 11) is 0. The number of nitro groups is 2. The average Bonchev–Trinajstić information content (AvgIpc) is 2.20. The molecular weight excluding hydrogens is 220 g/mol. The van der Waals surface area contributed by atoms with Gasteiger partial charge in [-0.25, -0.2) is 0 Å². The molecule has 1 aromatic carbocycles. The van der Waals surface area contributed by atoms with Gasteiger partial charge in [-0.05, 0) is 0 Å². The van der Waals surface area contributed by atoms with Gasteiger partial charge in [0.2, 0.25) is 0 Å². The van der Waals surface area contributed by atoms with Gasteiger partial charge in [0.25, 0.3) is 5.69 Å². The number of phenolic OH excluding ortho intramolecular Hbond substituents is 1. The Kier molecular flexibility index (Phi) is 3.33. The van der Waals surface area contributed by atoms with Crippen molar-refractivity contribution in [3.8, 4) is 5.75 Å². The van der Waals surface area contributed by atoms with Crippen molar-refractivity contribution in [3.05, 3.63) is 37.9 Å². The average molecular weight is 228 g/mol. The van der Waals surface area contributed by atoms with Crippen molar-refractivity contribution < 1.29 is 15.0 Å². The molecule has 0 amide bonds.